The lowest BCUT2D eigenvalue weighted by Crippen LogP contribution is -2.30. The lowest BCUT2D eigenvalue weighted by Gasteiger charge is -2.18. The Labute approximate surface area is 166 Å². The van der Waals surface area contributed by atoms with E-state index < -0.39 is 23.8 Å². The van der Waals surface area contributed by atoms with Crippen LogP contribution in [-0.2, 0) is 14.3 Å². The molecule has 1 aromatic heterocycles. The summed E-state index contributed by atoms with van der Waals surface area (Å²) in [5.74, 6) is -2.60. The Kier molecular flexibility index (Phi) is 4.88. The number of benzene rings is 2. The van der Waals surface area contributed by atoms with Gasteiger partial charge >= 0.3 is 5.97 Å². The summed E-state index contributed by atoms with van der Waals surface area (Å²) in [5, 5.41) is 0.752. The molecule has 6 nitrogen and oxygen atoms in total. The SMILES string of the molecule is C[C@H](OC(=O)[C@H]1CC(=O)N(c2ccccc2F)C1)C(=O)c1c[nH]c2ccccc12. The fourth-order valence-corrected chi connectivity index (χ4v) is 3.59. The second kappa shape index (κ2) is 7.50. The highest BCUT2D eigenvalue weighted by atomic mass is 19.1. The third kappa shape index (κ3) is 3.51. The monoisotopic (exact) mass is 394 g/mol. The third-order valence-electron chi connectivity index (χ3n) is 5.12. The van der Waals surface area contributed by atoms with Gasteiger partial charge in [0.1, 0.15) is 5.82 Å². The van der Waals surface area contributed by atoms with Crippen LogP contribution in [0, 0.1) is 11.7 Å². The highest BCUT2D eigenvalue weighted by Gasteiger charge is 2.38. The van der Waals surface area contributed by atoms with E-state index in [9.17, 15) is 18.8 Å². The fourth-order valence-electron chi connectivity index (χ4n) is 3.59. The van der Waals surface area contributed by atoms with E-state index in [0.717, 1.165) is 10.9 Å². The number of H-pyrrole nitrogens is 1. The Morgan fingerprint density at radius 2 is 1.90 bits per heavy atom. The van der Waals surface area contributed by atoms with Gasteiger partial charge in [0.25, 0.3) is 0 Å². The molecule has 1 amide bonds. The topological polar surface area (TPSA) is 79.5 Å². The van der Waals surface area contributed by atoms with Crippen molar-refractivity contribution in [2.24, 2.45) is 5.92 Å². The third-order valence-corrected chi connectivity index (χ3v) is 5.12. The van der Waals surface area contributed by atoms with Gasteiger partial charge in [-0.25, -0.2) is 4.39 Å². The van der Waals surface area contributed by atoms with Crippen LogP contribution in [0.25, 0.3) is 10.9 Å². The summed E-state index contributed by atoms with van der Waals surface area (Å²) in [7, 11) is 0. The van der Waals surface area contributed by atoms with Gasteiger partial charge < -0.3 is 14.6 Å². The van der Waals surface area contributed by atoms with Crippen molar-refractivity contribution in [2.45, 2.75) is 19.4 Å². The second-order valence-electron chi connectivity index (χ2n) is 7.05. The molecule has 0 radical (unpaired) electrons. The molecule has 1 saturated heterocycles. The first-order valence-electron chi connectivity index (χ1n) is 9.31. The number of nitrogens with one attached hydrogen (secondary N) is 1. The first kappa shape index (κ1) is 18.9. The zero-order valence-electron chi connectivity index (χ0n) is 15.7. The number of anilines is 1. The van der Waals surface area contributed by atoms with Crippen LogP contribution in [0.5, 0.6) is 0 Å². The summed E-state index contributed by atoms with van der Waals surface area (Å²) >= 11 is 0. The number of aromatic nitrogens is 1. The molecule has 4 rings (SSSR count). The molecule has 29 heavy (non-hydrogen) atoms. The molecule has 2 atom stereocenters. The minimum Gasteiger partial charge on any atom is -0.454 e. The molecule has 1 aliphatic rings. The molecule has 2 aromatic carbocycles. The number of esters is 1. The van der Waals surface area contributed by atoms with E-state index in [1.165, 1.54) is 30.0 Å². The van der Waals surface area contributed by atoms with Crippen molar-refractivity contribution >= 4 is 34.3 Å². The molecule has 0 unspecified atom stereocenters. The standard InChI is InChI=1S/C22H19FN2O4/c1-13(21(27)16-11-24-18-8-4-2-6-15(16)18)29-22(28)14-10-20(26)25(12-14)19-9-5-3-7-17(19)23/h2-9,11,13-14,24H,10,12H2,1H3/t13-,14-/m0/s1. The average Bonchev–Trinajstić information content (AvgIpc) is 3.31. The van der Waals surface area contributed by atoms with Gasteiger partial charge in [-0.1, -0.05) is 30.3 Å². The molecule has 3 aromatic rings. The summed E-state index contributed by atoms with van der Waals surface area (Å²) in [6, 6.07) is 13.3. The van der Waals surface area contributed by atoms with E-state index in [-0.39, 0.29) is 30.3 Å². The summed E-state index contributed by atoms with van der Waals surface area (Å²) < 4.78 is 19.3. The molecule has 7 heteroatoms. The van der Waals surface area contributed by atoms with E-state index in [2.05, 4.69) is 4.98 Å². The predicted molar refractivity (Wildman–Crippen MR) is 105 cm³/mol. The number of amides is 1. The Morgan fingerprint density at radius 3 is 2.69 bits per heavy atom. The Hall–Kier alpha value is -3.48. The smallest absolute Gasteiger partial charge is 0.312 e. The number of fused-ring (bicyclic) bond motifs is 1. The Morgan fingerprint density at radius 1 is 1.17 bits per heavy atom. The number of halogens is 1. The number of nitrogens with zero attached hydrogens (tertiary/aromatic N) is 1. The highest BCUT2D eigenvalue weighted by molar-refractivity contribution is 6.10. The van der Waals surface area contributed by atoms with Crippen molar-refractivity contribution in [3.8, 4) is 0 Å². The van der Waals surface area contributed by atoms with Crippen LogP contribution in [0.15, 0.2) is 54.7 Å². The van der Waals surface area contributed by atoms with Gasteiger partial charge in [-0.2, -0.15) is 0 Å². The number of carbonyl (C=O) groups is 3. The minimum atomic E-state index is -1.00. The molecule has 0 aliphatic carbocycles. The van der Waals surface area contributed by atoms with E-state index in [1.807, 2.05) is 24.3 Å². The summed E-state index contributed by atoms with van der Waals surface area (Å²) in [6.07, 6.45) is 0.511. The fraction of sp³-hybridized carbons (Fsp3) is 0.227. The van der Waals surface area contributed by atoms with Gasteiger partial charge in [0.15, 0.2) is 6.10 Å². The van der Waals surface area contributed by atoms with Crippen molar-refractivity contribution in [3.05, 3.63) is 66.1 Å². The number of Topliss-reactive ketones (excluding diaryl/α,β-unsaturated/α-hetero) is 1. The number of aromatic amines is 1. The van der Waals surface area contributed by atoms with E-state index in [1.54, 1.807) is 12.3 Å². The molecule has 0 spiro atoms. The van der Waals surface area contributed by atoms with Crippen LogP contribution < -0.4 is 4.90 Å². The van der Waals surface area contributed by atoms with E-state index in [4.69, 9.17) is 4.74 Å². The van der Waals surface area contributed by atoms with Gasteiger partial charge in [0.05, 0.1) is 11.6 Å². The number of hydrogen-bond acceptors (Lipinski definition) is 4. The minimum absolute atomic E-state index is 0.0204. The molecule has 1 aliphatic heterocycles. The average molecular weight is 394 g/mol. The van der Waals surface area contributed by atoms with Crippen molar-refractivity contribution in [1.29, 1.82) is 0 Å². The molecule has 2 heterocycles. The highest BCUT2D eigenvalue weighted by Crippen LogP contribution is 2.28. The second-order valence-corrected chi connectivity index (χ2v) is 7.05. The lowest BCUT2D eigenvalue weighted by atomic mass is 10.1. The number of hydrogen-bond donors (Lipinski definition) is 1. The first-order valence-corrected chi connectivity index (χ1v) is 9.31. The number of rotatable bonds is 5. The Balaban J connectivity index is 1.45. The van der Waals surface area contributed by atoms with Crippen LogP contribution in [-0.4, -0.2) is 35.3 Å². The van der Waals surface area contributed by atoms with Crippen LogP contribution >= 0.6 is 0 Å². The van der Waals surface area contributed by atoms with Crippen LogP contribution in [0.4, 0.5) is 10.1 Å². The van der Waals surface area contributed by atoms with Crippen molar-refractivity contribution in [3.63, 3.8) is 0 Å². The largest absolute Gasteiger partial charge is 0.454 e. The maximum atomic E-state index is 14.0. The molecule has 1 N–H and O–H groups in total. The summed E-state index contributed by atoms with van der Waals surface area (Å²) in [4.78, 5) is 41.8. The van der Waals surface area contributed by atoms with Gasteiger partial charge in [0.2, 0.25) is 11.7 Å². The van der Waals surface area contributed by atoms with Crippen molar-refractivity contribution in [1.82, 2.24) is 4.98 Å². The van der Waals surface area contributed by atoms with E-state index in [0.29, 0.717) is 5.56 Å². The van der Waals surface area contributed by atoms with Crippen LogP contribution in [0.3, 0.4) is 0 Å². The summed E-state index contributed by atoms with van der Waals surface area (Å²) in [5.41, 5.74) is 1.39. The number of ketones is 1. The van der Waals surface area contributed by atoms with Gasteiger partial charge in [0, 0.05) is 35.6 Å². The normalized spacial score (nSPS) is 17.5. The van der Waals surface area contributed by atoms with Gasteiger partial charge in [-0.3, -0.25) is 14.4 Å². The summed E-state index contributed by atoms with van der Waals surface area (Å²) in [6.45, 7) is 1.53. The zero-order chi connectivity index (χ0) is 20.5. The molecular formula is C22H19FN2O4. The lowest BCUT2D eigenvalue weighted by molar-refractivity contribution is -0.151. The molecular weight excluding hydrogens is 375 g/mol. The van der Waals surface area contributed by atoms with Gasteiger partial charge in [-0.05, 0) is 25.1 Å². The van der Waals surface area contributed by atoms with E-state index >= 15 is 0 Å². The number of carbonyl (C=O) groups excluding carboxylic acids is 3. The number of ether oxygens (including phenoxy) is 1. The molecule has 148 valence electrons. The first-order chi connectivity index (χ1) is 14.0. The molecule has 1 fully saturated rings. The van der Waals surface area contributed by atoms with Crippen LogP contribution in [0.1, 0.15) is 23.7 Å². The van der Waals surface area contributed by atoms with Gasteiger partial charge in [-0.15, -0.1) is 0 Å². The van der Waals surface area contributed by atoms with Crippen LogP contribution in [0.2, 0.25) is 0 Å². The van der Waals surface area contributed by atoms with Crippen molar-refractivity contribution in [2.75, 3.05) is 11.4 Å². The molecule has 0 saturated carbocycles. The zero-order valence-corrected chi connectivity index (χ0v) is 15.7. The number of para-hydroxylation sites is 2. The maximum absolute atomic E-state index is 14.0. The predicted octanol–water partition coefficient (Wildman–Crippen LogP) is 3.47. The maximum Gasteiger partial charge on any atom is 0.312 e. The van der Waals surface area contributed by atoms with Crippen molar-refractivity contribution < 1.29 is 23.5 Å². The molecule has 0 bridgehead atoms. The quantitative estimate of drug-likeness (QED) is 0.531. The Bertz CT molecular complexity index is 1110.